The van der Waals surface area contributed by atoms with Gasteiger partial charge in [0.05, 0.1) is 18.0 Å². The van der Waals surface area contributed by atoms with Crippen LogP contribution in [0.4, 0.5) is 8.78 Å². The van der Waals surface area contributed by atoms with Crippen molar-refractivity contribution in [2.24, 2.45) is 0 Å². The lowest BCUT2D eigenvalue weighted by molar-refractivity contribution is -0.121. The predicted octanol–water partition coefficient (Wildman–Crippen LogP) is 2.99. The summed E-state index contributed by atoms with van der Waals surface area (Å²) in [7, 11) is 0. The summed E-state index contributed by atoms with van der Waals surface area (Å²) in [6.45, 7) is -2.46. The number of amides is 2. The molecule has 1 heterocycles. The number of para-hydroxylation sites is 1. The zero-order valence-electron chi connectivity index (χ0n) is 13.9. The molecule has 26 heavy (non-hydrogen) atoms. The number of nitrogens with one attached hydrogen (secondary N) is 1. The van der Waals surface area contributed by atoms with Crippen molar-refractivity contribution in [3.8, 4) is 5.75 Å². The van der Waals surface area contributed by atoms with Crippen molar-refractivity contribution >= 4 is 11.8 Å². The third-order valence-electron chi connectivity index (χ3n) is 4.21. The summed E-state index contributed by atoms with van der Waals surface area (Å²) >= 11 is 0. The molecule has 3 rings (SSSR count). The van der Waals surface area contributed by atoms with Gasteiger partial charge in [0, 0.05) is 13.1 Å². The quantitative estimate of drug-likeness (QED) is 0.912. The molecule has 2 amide bonds. The minimum Gasteiger partial charge on any atom is -0.434 e. The highest BCUT2D eigenvalue weighted by Gasteiger charge is 2.31. The number of halogens is 2. The van der Waals surface area contributed by atoms with E-state index in [-0.39, 0.29) is 30.2 Å². The summed E-state index contributed by atoms with van der Waals surface area (Å²) in [5, 5.41) is 2.74. The lowest BCUT2D eigenvalue weighted by Gasteiger charge is -2.30. The number of benzene rings is 2. The Morgan fingerprint density at radius 2 is 1.81 bits per heavy atom. The van der Waals surface area contributed by atoms with Crippen LogP contribution in [-0.2, 0) is 4.79 Å². The Hall–Kier alpha value is -2.96. The molecule has 136 valence electrons. The molecule has 0 spiro atoms. The number of carbonyl (C=O) groups excluding carboxylic acids is 2. The van der Waals surface area contributed by atoms with E-state index in [2.05, 4.69) is 10.1 Å². The van der Waals surface area contributed by atoms with Gasteiger partial charge in [-0.2, -0.15) is 8.78 Å². The van der Waals surface area contributed by atoms with Gasteiger partial charge < -0.3 is 15.0 Å². The molecule has 0 radical (unpaired) electrons. The number of carbonyl (C=O) groups is 2. The zero-order valence-corrected chi connectivity index (χ0v) is 13.9. The first-order chi connectivity index (χ1) is 12.6. The second kappa shape index (κ2) is 7.95. The van der Waals surface area contributed by atoms with Gasteiger partial charge in [-0.15, -0.1) is 0 Å². The minimum absolute atomic E-state index is 0.0445. The smallest absolute Gasteiger partial charge is 0.387 e. The van der Waals surface area contributed by atoms with Crippen molar-refractivity contribution < 1.29 is 23.1 Å². The first kappa shape index (κ1) is 17.8. The van der Waals surface area contributed by atoms with E-state index in [0.29, 0.717) is 6.54 Å². The van der Waals surface area contributed by atoms with E-state index in [1.807, 2.05) is 30.3 Å². The third-order valence-corrected chi connectivity index (χ3v) is 4.21. The average molecular weight is 360 g/mol. The molecule has 1 unspecified atom stereocenters. The molecule has 1 saturated heterocycles. The molecule has 2 aromatic carbocycles. The minimum atomic E-state index is -3.03. The molecule has 5 nitrogen and oxygen atoms in total. The number of rotatable bonds is 4. The first-order valence-corrected chi connectivity index (χ1v) is 8.22. The number of hydrogen-bond acceptors (Lipinski definition) is 3. The first-order valence-electron chi connectivity index (χ1n) is 8.22. The molecule has 1 aliphatic rings. The fourth-order valence-corrected chi connectivity index (χ4v) is 3.04. The monoisotopic (exact) mass is 360 g/mol. The van der Waals surface area contributed by atoms with Crippen LogP contribution in [0.3, 0.4) is 0 Å². The Labute approximate surface area is 149 Å². The summed E-state index contributed by atoms with van der Waals surface area (Å²) in [5.74, 6) is -0.791. The van der Waals surface area contributed by atoms with Crippen molar-refractivity contribution in [1.29, 1.82) is 0 Å². The molecule has 0 bridgehead atoms. The normalized spacial score (nSPS) is 17.6. The van der Waals surface area contributed by atoms with E-state index in [0.717, 1.165) is 5.56 Å². The summed E-state index contributed by atoms with van der Waals surface area (Å²) in [6, 6.07) is 14.6. The molecule has 1 atom stereocenters. The van der Waals surface area contributed by atoms with Gasteiger partial charge in [0.2, 0.25) is 5.91 Å². The van der Waals surface area contributed by atoms with Crippen molar-refractivity contribution in [3.63, 3.8) is 0 Å². The Morgan fingerprint density at radius 3 is 2.54 bits per heavy atom. The second-order valence-electron chi connectivity index (χ2n) is 5.85. The largest absolute Gasteiger partial charge is 0.434 e. The van der Waals surface area contributed by atoms with Crippen LogP contribution in [-0.4, -0.2) is 36.4 Å². The molecule has 1 aliphatic heterocycles. The summed E-state index contributed by atoms with van der Waals surface area (Å²) in [6.07, 6.45) is 0.105. The molecule has 0 aliphatic carbocycles. The van der Waals surface area contributed by atoms with Crippen molar-refractivity contribution in [2.75, 3.05) is 13.1 Å². The van der Waals surface area contributed by atoms with E-state index in [9.17, 15) is 18.4 Å². The number of nitrogens with zero attached hydrogens (tertiary/aromatic N) is 1. The average Bonchev–Trinajstić information content (AvgIpc) is 2.83. The van der Waals surface area contributed by atoms with Gasteiger partial charge >= 0.3 is 6.61 Å². The van der Waals surface area contributed by atoms with Crippen LogP contribution in [0.25, 0.3) is 0 Å². The molecular formula is C19H18F2N2O3. The predicted molar refractivity (Wildman–Crippen MR) is 90.9 cm³/mol. The van der Waals surface area contributed by atoms with E-state index < -0.39 is 18.6 Å². The van der Waals surface area contributed by atoms with Crippen LogP contribution in [0.2, 0.25) is 0 Å². The second-order valence-corrected chi connectivity index (χ2v) is 5.85. The number of ether oxygens (including phenoxy) is 1. The van der Waals surface area contributed by atoms with Gasteiger partial charge in [-0.25, -0.2) is 0 Å². The zero-order chi connectivity index (χ0) is 18.5. The van der Waals surface area contributed by atoms with E-state index in [1.165, 1.54) is 23.1 Å². The molecule has 7 heteroatoms. The fraction of sp³-hybridized carbons (Fsp3) is 0.263. The van der Waals surface area contributed by atoms with Crippen molar-refractivity contribution in [3.05, 3.63) is 65.7 Å². The van der Waals surface area contributed by atoms with E-state index in [4.69, 9.17) is 0 Å². The topological polar surface area (TPSA) is 58.6 Å². The molecule has 2 aromatic rings. The van der Waals surface area contributed by atoms with E-state index in [1.54, 1.807) is 6.07 Å². The molecule has 1 fully saturated rings. The van der Waals surface area contributed by atoms with Gasteiger partial charge in [-0.1, -0.05) is 42.5 Å². The standard InChI is InChI=1S/C19H18F2N2O3/c20-19(21)26-16-9-5-4-8-14(16)18(25)23-11-10-22-17(24)12-15(23)13-6-2-1-3-7-13/h1-9,15,19H,10-12H2,(H,22,24). The molecule has 1 N–H and O–H groups in total. The number of hydrogen-bond donors (Lipinski definition) is 1. The van der Waals surface area contributed by atoms with Gasteiger partial charge in [-0.05, 0) is 17.7 Å². The number of alkyl halides is 2. The van der Waals surface area contributed by atoms with Gasteiger partial charge in [0.15, 0.2) is 0 Å². The molecular weight excluding hydrogens is 342 g/mol. The van der Waals surface area contributed by atoms with Crippen LogP contribution >= 0.6 is 0 Å². The highest BCUT2D eigenvalue weighted by Crippen LogP contribution is 2.30. The maximum Gasteiger partial charge on any atom is 0.387 e. The Kier molecular flexibility index (Phi) is 5.46. The van der Waals surface area contributed by atoms with Gasteiger partial charge in [0.1, 0.15) is 5.75 Å². The summed E-state index contributed by atoms with van der Waals surface area (Å²) in [5.41, 5.74) is 0.855. The van der Waals surface area contributed by atoms with Crippen molar-refractivity contribution in [2.45, 2.75) is 19.1 Å². The lowest BCUT2D eigenvalue weighted by atomic mass is 10.0. The highest BCUT2D eigenvalue weighted by atomic mass is 19.3. The van der Waals surface area contributed by atoms with Gasteiger partial charge in [-0.3, -0.25) is 9.59 Å². The Morgan fingerprint density at radius 1 is 1.12 bits per heavy atom. The highest BCUT2D eigenvalue weighted by molar-refractivity contribution is 5.97. The summed E-state index contributed by atoms with van der Waals surface area (Å²) in [4.78, 5) is 26.6. The summed E-state index contributed by atoms with van der Waals surface area (Å²) < 4.78 is 29.8. The van der Waals surface area contributed by atoms with Crippen LogP contribution in [0.1, 0.15) is 28.4 Å². The Bertz CT molecular complexity index is 783. The lowest BCUT2D eigenvalue weighted by Crippen LogP contribution is -2.36. The van der Waals surface area contributed by atoms with Crippen LogP contribution in [0, 0.1) is 0 Å². The maximum absolute atomic E-state index is 13.1. The van der Waals surface area contributed by atoms with Crippen LogP contribution in [0.5, 0.6) is 5.75 Å². The maximum atomic E-state index is 13.1. The van der Waals surface area contributed by atoms with Crippen LogP contribution in [0.15, 0.2) is 54.6 Å². The third kappa shape index (κ3) is 3.99. The SMILES string of the molecule is O=C1CC(c2ccccc2)N(C(=O)c2ccccc2OC(F)F)CCN1. The molecule has 0 aromatic heterocycles. The van der Waals surface area contributed by atoms with Gasteiger partial charge in [0.25, 0.3) is 5.91 Å². The fourth-order valence-electron chi connectivity index (χ4n) is 3.04. The van der Waals surface area contributed by atoms with Crippen molar-refractivity contribution in [1.82, 2.24) is 10.2 Å². The Balaban J connectivity index is 1.96. The van der Waals surface area contributed by atoms with Crippen LogP contribution < -0.4 is 10.1 Å². The molecule has 0 saturated carbocycles. The van der Waals surface area contributed by atoms with E-state index >= 15 is 0 Å².